The normalized spacial score (nSPS) is 13.5. The van der Waals surface area contributed by atoms with Crippen LogP contribution >= 0.6 is 11.3 Å². The van der Waals surface area contributed by atoms with Crippen LogP contribution in [0.3, 0.4) is 0 Å². The maximum absolute atomic E-state index is 6.40. The molecular weight excluding hydrogens is 1170 g/mol. The van der Waals surface area contributed by atoms with E-state index in [1.807, 2.05) is 11.3 Å². The van der Waals surface area contributed by atoms with Crippen LogP contribution in [0.4, 0.5) is 17.1 Å². The topological polar surface area (TPSA) is 82.0 Å². The van der Waals surface area contributed by atoms with Crippen molar-refractivity contribution in [2.24, 2.45) is 0 Å². The second-order valence-corrected chi connectivity index (χ2v) is 25.5. The fourth-order valence-corrected chi connectivity index (χ4v) is 16.2. The quantitative estimate of drug-likeness (QED) is 0.0409. The molecular formula is C82H80N2O8S. The smallest absolute Gasteiger partial charge is 0.0700 e. The van der Waals surface area contributed by atoms with E-state index in [0.717, 1.165) is 65.0 Å². The number of hydrogen-bond donors (Lipinski definition) is 0. The first-order valence-electron chi connectivity index (χ1n) is 32.7. The number of fused-ring (bicyclic) bond motifs is 12. The highest BCUT2D eigenvalue weighted by molar-refractivity contribution is 7.26. The maximum atomic E-state index is 6.40. The fourth-order valence-electron chi connectivity index (χ4n) is 15.0. The Balaban J connectivity index is 0.958. The van der Waals surface area contributed by atoms with Crippen molar-refractivity contribution in [1.82, 2.24) is 4.57 Å². The molecule has 10 aromatic carbocycles. The van der Waals surface area contributed by atoms with Crippen molar-refractivity contribution >= 4 is 70.4 Å². The number of rotatable bonds is 30. The van der Waals surface area contributed by atoms with Crippen molar-refractivity contribution in [2.75, 3.05) is 113 Å². The summed E-state index contributed by atoms with van der Waals surface area (Å²) in [7, 11) is 6.89. The molecule has 472 valence electrons. The molecule has 12 aromatic rings. The Hall–Kier alpha value is -8.30. The summed E-state index contributed by atoms with van der Waals surface area (Å²) < 4.78 is 52.5. The molecule has 0 radical (unpaired) electrons. The molecule has 93 heavy (non-hydrogen) atoms. The molecule has 0 saturated heterocycles. The van der Waals surface area contributed by atoms with Gasteiger partial charge in [-0.25, -0.2) is 0 Å². The molecule has 0 atom stereocenters. The SMILES string of the molecule is COCCOCCC1(CCOCCOC)c2ccccc2-c2ccc(N(c3ccc(-c4ccc5c(c4)c4ccccc4n5-c4cccc5c4sc4ccccc45)c(-c4ccccc4)c3)c3ccc4c(c3)C(CCOCCOC)(CCOCCOC)c3ccccc3-4)cc21. The summed E-state index contributed by atoms with van der Waals surface area (Å²) >= 11 is 1.87. The summed E-state index contributed by atoms with van der Waals surface area (Å²) in [6.45, 7) is 6.40. The molecule has 0 spiro atoms. The van der Waals surface area contributed by atoms with Crippen LogP contribution in [-0.2, 0) is 48.7 Å². The molecule has 0 unspecified atom stereocenters. The molecule has 2 aromatic heterocycles. The number of para-hydroxylation sites is 1. The second-order valence-electron chi connectivity index (χ2n) is 24.4. The molecule has 10 nitrogen and oxygen atoms in total. The Bertz CT molecular complexity index is 4430. The maximum Gasteiger partial charge on any atom is 0.0700 e. The van der Waals surface area contributed by atoms with Gasteiger partial charge in [0.2, 0.25) is 0 Å². The second kappa shape index (κ2) is 28.1. The largest absolute Gasteiger partial charge is 0.382 e. The van der Waals surface area contributed by atoms with Crippen molar-refractivity contribution in [3.63, 3.8) is 0 Å². The van der Waals surface area contributed by atoms with E-state index in [1.165, 1.54) is 92.2 Å². The number of aromatic nitrogens is 1. The third-order valence-electron chi connectivity index (χ3n) is 19.4. The van der Waals surface area contributed by atoms with Crippen LogP contribution in [0.1, 0.15) is 47.9 Å². The highest BCUT2D eigenvalue weighted by Crippen LogP contribution is 2.57. The summed E-state index contributed by atoms with van der Waals surface area (Å²) in [6.07, 6.45) is 3.03. The first-order valence-corrected chi connectivity index (χ1v) is 33.5. The van der Waals surface area contributed by atoms with E-state index in [4.69, 9.17) is 37.9 Å². The molecule has 0 amide bonds. The minimum atomic E-state index is -0.431. The first kappa shape index (κ1) is 62.2. The Morgan fingerprint density at radius 1 is 0.323 bits per heavy atom. The first-order chi connectivity index (χ1) is 46.0. The highest BCUT2D eigenvalue weighted by Gasteiger charge is 2.45. The molecule has 2 heterocycles. The number of thiophene rings is 1. The van der Waals surface area contributed by atoms with Crippen molar-refractivity contribution in [3.05, 3.63) is 241 Å². The number of ether oxygens (including phenoxy) is 8. The molecule has 0 bridgehead atoms. The summed E-state index contributed by atoms with van der Waals surface area (Å²) in [5.41, 5.74) is 20.4. The van der Waals surface area contributed by atoms with Gasteiger partial charge in [-0.3, -0.25) is 0 Å². The van der Waals surface area contributed by atoms with E-state index in [1.54, 1.807) is 28.4 Å². The van der Waals surface area contributed by atoms with Gasteiger partial charge in [0.05, 0.1) is 74.3 Å². The lowest BCUT2D eigenvalue weighted by molar-refractivity contribution is 0.0490. The molecule has 14 rings (SSSR count). The van der Waals surface area contributed by atoms with Gasteiger partial charge in [0.25, 0.3) is 0 Å². The zero-order chi connectivity index (χ0) is 63.1. The van der Waals surface area contributed by atoms with E-state index in [-0.39, 0.29) is 0 Å². The number of hydrogen-bond acceptors (Lipinski definition) is 10. The van der Waals surface area contributed by atoms with Gasteiger partial charge in [-0.1, -0.05) is 152 Å². The third kappa shape index (κ3) is 11.8. The van der Waals surface area contributed by atoms with E-state index >= 15 is 0 Å². The van der Waals surface area contributed by atoms with Crippen molar-refractivity contribution in [3.8, 4) is 50.2 Å². The Morgan fingerprint density at radius 2 is 0.785 bits per heavy atom. The van der Waals surface area contributed by atoms with Crippen molar-refractivity contribution < 1.29 is 37.9 Å². The van der Waals surface area contributed by atoms with Gasteiger partial charge in [-0.15, -0.1) is 11.3 Å². The van der Waals surface area contributed by atoms with Crippen LogP contribution in [-0.4, -0.2) is 112 Å². The predicted octanol–water partition coefficient (Wildman–Crippen LogP) is 18.7. The predicted molar refractivity (Wildman–Crippen MR) is 381 cm³/mol. The van der Waals surface area contributed by atoms with Crippen molar-refractivity contribution in [2.45, 2.75) is 36.5 Å². The fraction of sp³-hybridized carbons (Fsp3) is 0.268. The van der Waals surface area contributed by atoms with Crippen LogP contribution in [0.2, 0.25) is 0 Å². The van der Waals surface area contributed by atoms with E-state index in [0.29, 0.717) is 79.3 Å². The number of methoxy groups -OCH3 is 4. The minimum Gasteiger partial charge on any atom is -0.382 e. The lowest BCUT2D eigenvalue weighted by Gasteiger charge is -2.35. The Morgan fingerprint density at radius 3 is 1.35 bits per heavy atom. The number of nitrogens with zero attached hydrogens (tertiary/aromatic N) is 2. The Labute approximate surface area is 549 Å². The van der Waals surface area contributed by atoms with E-state index in [9.17, 15) is 0 Å². The van der Waals surface area contributed by atoms with Crippen LogP contribution in [0.15, 0.2) is 218 Å². The van der Waals surface area contributed by atoms with Gasteiger partial charge in [0.15, 0.2) is 0 Å². The van der Waals surface area contributed by atoms with E-state index in [2.05, 4.69) is 228 Å². The summed E-state index contributed by atoms with van der Waals surface area (Å²) in [6, 6.07) is 81.7. The summed E-state index contributed by atoms with van der Waals surface area (Å²) in [5.74, 6) is 0. The number of benzene rings is 10. The molecule has 0 saturated carbocycles. The van der Waals surface area contributed by atoms with Gasteiger partial charge >= 0.3 is 0 Å². The monoisotopic (exact) mass is 1250 g/mol. The average Bonchev–Trinajstić information content (AvgIpc) is 1.59. The molecule has 0 aliphatic heterocycles. The van der Waals surface area contributed by atoms with Crippen LogP contribution in [0.25, 0.3) is 92.2 Å². The standard InChI is InChI=1S/C82H80N2O8S/c1-85-45-49-89-41-37-81(38-42-90-50-46-86-2)72-24-12-8-19-63(72)65-34-31-60(55-74(65)81)83(61-32-35-66-64-20-9-13-25-73(64)82(75(66)56-61,39-43-91-51-47-87-3)40-44-92-52-48-88-4)59-30-33-62(70(54-59)57-17-6-5-7-18-57)58-29-36-77-71(53-58)67-21-10-14-26-76(67)84(77)78-27-16-23-69-68-22-11-15-28-79(68)93-80(69)78/h5-36,53-56H,37-52H2,1-4H3. The van der Waals surface area contributed by atoms with Crippen LogP contribution in [0.5, 0.6) is 0 Å². The third-order valence-corrected chi connectivity index (χ3v) is 20.6. The van der Waals surface area contributed by atoms with Gasteiger partial charge in [0, 0.05) is 109 Å². The zero-order valence-corrected chi connectivity index (χ0v) is 54.5. The highest BCUT2D eigenvalue weighted by atomic mass is 32.1. The lowest BCUT2D eigenvalue weighted by Crippen LogP contribution is -2.30. The zero-order valence-electron chi connectivity index (χ0n) is 53.7. The summed E-state index contributed by atoms with van der Waals surface area (Å²) in [4.78, 5) is 2.50. The summed E-state index contributed by atoms with van der Waals surface area (Å²) in [5, 5.41) is 5.00. The molecule has 2 aliphatic carbocycles. The molecule has 0 N–H and O–H groups in total. The minimum absolute atomic E-state index is 0.431. The van der Waals surface area contributed by atoms with Gasteiger partial charge in [0.1, 0.15) is 0 Å². The number of anilines is 3. The Kier molecular flexibility index (Phi) is 18.8. The van der Waals surface area contributed by atoms with Gasteiger partial charge < -0.3 is 47.4 Å². The van der Waals surface area contributed by atoms with Gasteiger partial charge in [-0.2, -0.15) is 0 Å². The van der Waals surface area contributed by atoms with Crippen LogP contribution in [0, 0.1) is 0 Å². The average molecular weight is 1250 g/mol. The van der Waals surface area contributed by atoms with Crippen molar-refractivity contribution in [1.29, 1.82) is 0 Å². The molecule has 2 aliphatic rings. The molecule has 11 heteroatoms. The van der Waals surface area contributed by atoms with Crippen LogP contribution < -0.4 is 4.90 Å². The molecule has 0 fully saturated rings. The lowest BCUT2D eigenvalue weighted by atomic mass is 9.73. The van der Waals surface area contributed by atoms with E-state index < -0.39 is 10.8 Å². The van der Waals surface area contributed by atoms with Gasteiger partial charge in [-0.05, 0) is 159 Å².